The maximum absolute atomic E-state index is 12.2. The summed E-state index contributed by atoms with van der Waals surface area (Å²) in [6.07, 6.45) is 8.81. The van der Waals surface area contributed by atoms with E-state index in [9.17, 15) is 9.90 Å². The number of methoxy groups -OCH3 is 1. The number of aliphatic hydroxyl groups is 1. The summed E-state index contributed by atoms with van der Waals surface area (Å²) in [6.45, 7) is 2.77. The minimum atomic E-state index is -0.752. The molecular formula is C28H39NO3. The lowest BCUT2D eigenvalue weighted by atomic mass is 9.46. The van der Waals surface area contributed by atoms with Gasteiger partial charge in [-0.3, -0.25) is 4.79 Å². The van der Waals surface area contributed by atoms with Crippen molar-refractivity contribution in [3.05, 3.63) is 41.5 Å². The topological polar surface area (TPSA) is 49.8 Å². The highest BCUT2D eigenvalue weighted by molar-refractivity contribution is 5.91. The Morgan fingerprint density at radius 2 is 1.84 bits per heavy atom. The van der Waals surface area contributed by atoms with E-state index in [1.165, 1.54) is 16.8 Å². The summed E-state index contributed by atoms with van der Waals surface area (Å²) in [5, 5.41) is 11.8. The van der Waals surface area contributed by atoms with Gasteiger partial charge in [-0.2, -0.15) is 0 Å². The van der Waals surface area contributed by atoms with Gasteiger partial charge in [-0.1, -0.05) is 24.6 Å². The Labute approximate surface area is 193 Å². The number of anilines is 1. The van der Waals surface area contributed by atoms with Gasteiger partial charge in [0.05, 0.1) is 12.2 Å². The molecule has 0 aromatic heterocycles. The molecule has 1 aromatic carbocycles. The number of rotatable bonds is 4. The number of nitrogens with zero attached hydrogens (tertiary/aromatic N) is 1. The highest BCUT2D eigenvalue weighted by Gasteiger charge is 2.64. The lowest BCUT2D eigenvalue weighted by Gasteiger charge is -2.58. The molecule has 0 spiro atoms. The van der Waals surface area contributed by atoms with Gasteiger partial charge in [-0.15, -0.1) is 0 Å². The Morgan fingerprint density at radius 1 is 1.09 bits per heavy atom. The van der Waals surface area contributed by atoms with Crippen LogP contribution in [0.1, 0.15) is 63.4 Å². The average Bonchev–Trinajstić information content (AvgIpc) is 3.03. The summed E-state index contributed by atoms with van der Waals surface area (Å²) < 4.78 is 5.56. The molecule has 3 fully saturated rings. The molecule has 0 bridgehead atoms. The summed E-state index contributed by atoms with van der Waals surface area (Å²) in [5.74, 6) is 2.94. The van der Waals surface area contributed by atoms with E-state index >= 15 is 0 Å². The number of ether oxygens (including phenoxy) is 1. The summed E-state index contributed by atoms with van der Waals surface area (Å²) in [5.41, 5.74) is 3.13. The van der Waals surface area contributed by atoms with Gasteiger partial charge in [0.25, 0.3) is 0 Å². The third-order valence-corrected chi connectivity index (χ3v) is 9.85. The van der Waals surface area contributed by atoms with Crippen LogP contribution in [0, 0.1) is 29.1 Å². The van der Waals surface area contributed by atoms with Crippen molar-refractivity contribution in [1.82, 2.24) is 0 Å². The molecule has 4 nitrogen and oxygen atoms in total. The first kappa shape index (κ1) is 22.2. The van der Waals surface area contributed by atoms with Gasteiger partial charge in [0.2, 0.25) is 0 Å². The lowest BCUT2D eigenvalue weighted by Crippen LogP contribution is -2.56. The third-order valence-electron chi connectivity index (χ3n) is 9.85. The number of hydrogen-bond acceptors (Lipinski definition) is 4. The van der Waals surface area contributed by atoms with Crippen LogP contribution in [-0.4, -0.2) is 44.3 Å². The fraction of sp³-hybridized carbons (Fsp3) is 0.679. The number of carbonyl (C=O) groups excluding carboxylic acids is 1. The molecule has 0 saturated heterocycles. The van der Waals surface area contributed by atoms with Crippen LogP contribution in [0.4, 0.5) is 5.69 Å². The molecule has 4 aliphatic rings. The molecule has 32 heavy (non-hydrogen) atoms. The minimum Gasteiger partial charge on any atom is -0.387 e. The zero-order valence-corrected chi connectivity index (χ0v) is 20.1. The zero-order chi connectivity index (χ0) is 22.7. The molecule has 1 aromatic rings. The summed E-state index contributed by atoms with van der Waals surface area (Å²) in [4.78, 5) is 14.3. The Kier molecular flexibility index (Phi) is 5.53. The summed E-state index contributed by atoms with van der Waals surface area (Å²) >= 11 is 0. The Bertz CT molecular complexity index is 906. The van der Waals surface area contributed by atoms with Crippen molar-refractivity contribution in [2.75, 3.05) is 32.7 Å². The van der Waals surface area contributed by atoms with Crippen LogP contribution in [0.25, 0.3) is 0 Å². The average molecular weight is 438 g/mol. The Morgan fingerprint density at radius 3 is 2.53 bits per heavy atom. The van der Waals surface area contributed by atoms with Gasteiger partial charge in [-0.05, 0) is 91.9 Å². The first-order valence-corrected chi connectivity index (χ1v) is 12.5. The van der Waals surface area contributed by atoms with Crippen LogP contribution in [-0.2, 0) is 9.53 Å². The summed E-state index contributed by atoms with van der Waals surface area (Å²) in [6, 6.07) is 9.10. The molecule has 0 unspecified atom stereocenters. The highest BCUT2D eigenvalue weighted by atomic mass is 16.5. The second kappa shape index (κ2) is 7.99. The highest BCUT2D eigenvalue weighted by Crippen LogP contribution is 2.68. The molecule has 5 rings (SSSR count). The third kappa shape index (κ3) is 3.28. The summed E-state index contributed by atoms with van der Waals surface area (Å²) in [7, 11) is 5.88. The normalized spacial score (nSPS) is 40.8. The monoisotopic (exact) mass is 437 g/mol. The molecule has 0 amide bonds. The Hall–Kier alpha value is -1.65. The zero-order valence-electron chi connectivity index (χ0n) is 20.1. The molecular weight excluding hydrogens is 398 g/mol. The second-order valence-corrected chi connectivity index (χ2v) is 11.4. The number of hydrogen-bond donors (Lipinski definition) is 1. The molecule has 174 valence electrons. The first-order valence-electron chi connectivity index (χ1n) is 12.5. The van der Waals surface area contributed by atoms with E-state index in [0.29, 0.717) is 48.4 Å². The van der Waals surface area contributed by atoms with Gasteiger partial charge in [0, 0.05) is 38.7 Å². The number of fused-ring (bicyclic) bond motifs is 5. The lowest BCUT2D eigenvalue weighted by molar-refractivity contribution is -0.150. The quantitative estimate of drug-likeness (QED) is 0.723. The Balaban J connectivity index is 1.58. The van der Waals surface area contributed by atoms with Gasteiger partial charge >= 0.3 is 0 Å². The molecule has 4 aliphatic carbocycles. The molecule has 4 heteroatoms. The van der Waals surface area contributed by atoms with Gasteiger partial charge in [0.15, 0.2) is 5.78 Å². The van der Waals surface area contributed by atoms with Crippen LogP contribution in [0.5, 0.6) is 0 Å². The number of allylic oxidation sites excluding steroid dienone is 1. The van der Waals surface area contributed by atoms with Gasteiger partial charge in [-0.25, -0.2) is 0 Å². The van der Waals surface area contributed by atoms with E-state index in [-0.39, 0.29) is 5.41 Å². The SMILES string of the molecule is COC[C@]1(O)CC[C@H]2[C@@H]3CCC4=CC(=O)CC[C@@H]4[C@H]3[C@@H](c3ccc(N(C)C)cc3)C[C@@]21C. The fourth-order valence-electron chi connectivity index (χ4n) is 8.24. The van der Waals surface area contributed by atoms with Crippen molar-refractivity contribution in [3.63, 3.8) is 0 Å². The predicted molar refractivity (Wildman–Crippen MR) is 128 cm³/mol. The second-order valence-electron chi connectivity index (χ2n) is 11.4. The standard InChI is InChI=1S/C28H39NO3/c1-27-16-24(18-5-8-20(9-6-18)29(2)3)26-22-12-10-21(30)15-19(22)7-11-23(26)25(27)13-14-28(27,31)17-32-4/h5-6,8-9,15,22-26,31H,7,10-14,16-17H2,1-4H3/t22-,23-,24+,25-,26+,27-,28+/m0/s1. The van der Waals surface area contributed by atoms with E-state index in [4.69, 9.17) is 4.74 Å². The maximum Gasteiger partial charge on any atom is 0.155 e. The maximum atomic E-state index is 12.2. The molecule has 3 saturated carbocycles. The predicted octanol–water partition coefficient (Wildman–Crippen LogP) is 4.97. The molecule has 7 atom stereocenters. The number of ketones is 1. The fourth-order valence-corrected chi connectivity index (χ4v) is 8.24. The van der Waals surface area contributed by atoms with Crippen molar-refractivity contribution >= 4 is 11.5 Å². The van der Waals surface area contributed by atoms with Gasteiger partial charge < -0.3 is 14.7 Å². The van der Waals surface area contributed by atoms with Gasteiger partial charge in [0.1, 0.15) is 0 Å². The van der Waals surface area contributed by atoms with E-state index in [1.807, 2.05) is 6.08 Å². The van der Waals surface area contributed by atoms with Crippen LogP contribution in [0.2, 0.25) is 0 Å². The smallest absolute Gasteiger partial charge is 0.155 e. The van der Waals surface area contributed by atoms with Crippen molar-refractivity contribution in [2.24, 2.45) is 29.1 Å². The molecule has 0 aliphatic heterocycles. The first-order chi connectivity index (χ1) is 15.3. The van der Waals surface area contributed by atoms with E-state index < -0.39 is 5.60 Å². The van der Waals surface area contributed by atoms with Crippen molar-refractivity contribution in [2.45, 2.75) is 63.4 Å². The van der Waals surface area contributed by atoms with E-state index in [1.54, 1.807) is 7.11 Å². The van der Waals surface area contributed by atoms with Crippen LogP contribution >= 0.6 is 0 Å². The minimum absolute atomic E-state index is 0.138. The van der Waals surface area contributed by atoms with Crippen LogP contribution in [0.15, 0.2) is 35.9 Å². The van der Waals surface area contributed by atoms with Crippen LogP contribution in [0.3, 0.4) is 0 Å². The molecule has 0 heterocycles. The van der Waals surface area contributed by atoms with Crippen molar-refractivity contribution in [1.29, 1.82) is 0 Å². The largest absolute Gasteiger partial charge is 0.387 e. The number of benzene rings is 1. The molecule has 1 N–H and O–H groups in total. The number of carbonyl (C=O) groups is 1. The van der Waals surface area contributed by atoms with E-state index in [0.717, 1.165) is 38.5 Å². The van der Waals surface area contributed by atoms with E-state index in [2.05, 4.69) is 50.2 Å². The van der Waals surface area contributed by atoms with Crippen molar-refractivity contribution < 1.29 is 14.6 Å². The van der Waals surface area contributed by atoms with Crippen molar-refractivity contribution in [3.8, 4) is 0 Å². The van der Waals surface area contributed by atoms with Crippen LogP contribution < -0.4 is 4.90 Å². The molecule has 0 radical (unpaired) electrons.